The molecule has 2 fully saturated rings. The number of hydrogen-bond acceptors (Lipinski definition) is 2. The molecule has 2 aliphatic carbocycles. The van der Waals surface area contributed by atoms with Gasteiger partial charge in [-0.15, -0.1) is 0 Å². The fraction of sp³-hybridized carbons (Fsp3) is 1.00. The highest BCUT2D eigenvalue weighted by Gasteiger charge is 2.46. The van der Waals surface area contributed by atoms with Gasteiger partial charge in [0, 0.05) is 13.2 Å². The highest BCUT2D eigenvalue weighted by atomic mass is 16.3. The number of aliphatic hydroxyl groups is 2. The maximum atomic E-state index is 9.45. The van der Waals surface area contributed by atoms with Gasteiger partial charge in [-0.2, -0.15) is 0 Å². The molecule has 0 heterocycles. The van der Waals surface area contributed by atoms with Crippen LogP contribution in [0.3, 0.4) is 0 Å². The van der Waals surface area contributed by atoms with Crippen molar-refractivity contribution in [2.45, 2.75) is 39.5 Å². The van der Waals surface area contributed by atoms with Crippen LogP contribution in [0, 0.1) is 29.1 Å². The molecule has 0 aliphatic heterocycles. The second-order valence-electron chi connectivity index (χ2n) is 6.30. The molecular formula is C13H24O2. The van der Waals surface area contributed by atoms with E-state index in [2.05, 4.69) is 13.8 Å². The minimum atomic E-state index is 0.164. The Bertz CT molecular complexity index is 229. The van der Waals surface area contributed by atoms with Gasteiger partial charge in [-0.1, -0.05) is 13.8 Å². The Morgan fingerprint density at radius 3 is 2.60 bits per heavy atom. The molecule has 2 aliphatic rings. The molecule has 0 radical (unpaired) electrons. The number of aliphatic hydroxyl groups excluding tert-OH is 2. The van der Waals surface area contributed by atoms with Crippen molar-refractivity contribution < 1.29 is 10.2 Å². The van der Waals surface area contributed by atoms with E-state index in [0.29, 0.717) is 25.0 Å². The molecule has 2 N–H and O–H groups in total. The summed E-state index contributed by atoms with van der Waals surface area (Å²) in [6, 6.07) is 0. The van der Waals surface area contributed by atoms with E-state index in [-0.39, 0.29) is 5.41 Å². The Morgan fingerprint density at radius 2 is 2.00 bits per heavy atom. The van der Waals surface area contributed by atoms with Crippen molar-refractivity contribution in [2.24, 2.45) is 29.1 Å². The summed E-state index contributed by atoms with van der Waals surface area (Å²) in [7, 11) is 0. The lowest BCUT2D eigenvalue weighted by molar-refractivity contribution is 0.0574. The van der Waals surface area contributed by atoms with Crippen LogP contribution in [0.5, 0.6) is 0 Å². The van der Waals surface area contributed by atoms with Crippen LogP contribution in [-0.4, -0.2) is 23.4 Å². The van der Waals surface area contributed by atoms with Crippen molar-refractivity contribution in [3.8, 4) is 0 Å². The van der Waals surface area contributed by atoms with E-state index in [1.54, 1.807) is 0 Å². The average molecular weight is 212 g/mol. The van der Waals surface area contributed by atoms with Crippen molar-refractivity contribution >= 4 is 0 Å². The van der Waals surface area contributed by atoms with Gasteiger partial charge in [-0.3, -0.25) is 0 Å². The van der Waals surface area contributed by atoms with E-state index < -0.39 is 0 Å². The average Bonchev–Trinajstić information content (AvgIpc) is 2.53. The van der Waals surface area contributed by atoms with Crippen molar-refractivity contribution in [2.75, 3.05) is 13.2 Å². The number of fused-ring (bicyclic) bond motifs is 2. The first-order chi connectivity index (χ1) is 7.08. The fourth-order valence-electron chi connectivity index (χ4n) is 4.05. The SMILES string of the molecule is CC(CO)C1CC2CC1CC(C)(CO)C2. The molecule has 15 heavy (non-hydrogen) atoms. The van der Waals surface area contributed by atoms with Gasteiger partial charge in [0.2, 0.25) is 0 Å². The molecule has 2 nitrogen and oxygen atoms in total. The second kappa shape index (κ2) is 4.06. The van der Waals surface area contributed by atoms with Gasteiger partial charge in [-0.25, -0.2) is 0 Å². The van der Waals surface area contributed by atoms with Crippen LogP contribution in [-0.2, 0) is 0 Å². The summed E-state index contributed by atoms with van der Waals surface area (Å²) in [6.07, 6.45) is 4.97. The molecule has 2 bridgehead atoms. The Morgan fingerprint density at radius 1 is 1.27 bits per heavy atom. The molecule has 2 heteroatoms. The standard InChI is InChI=1S/C13H24O2/c1-9(7-14)12-4-10-3-11(12)6-13(2,5-10)8-15/h9-12,14-15H,3-8H2,1-2H3. The van der Waals surface area contributed by atoms with E-state index in [0.717, 1.165) is 18.3 Å². The second-order valence-corrected chi connectivity index (χ2v) is 6.30. The maximum Gasteiger partial charge on any atom is 0.0484 e. The Labute approximate surface area is 92.7 Å². The summed E-state index contributed by atoms with van der Waals surface area (Å²) in [5, 5.41) is 18.7. The first-order valence-corrected chi connectivity index (χ1v) is 6.29. The first-order valence-electron chi connectivity index (χ1n) is 6.29. The zero-order chi connectivity index (χ0) is 11.1. The Kier molecular flexibility index (Phi) is 3.09. The van der Waals surface area contributed by atoms with Crippen molar-refractivity contribution in [3.63, 3.8) is 0 Å². The molecule has 2 saturated carbocycles. The molecule has 0 saturated heterocycles. The molecule has 5 unspecified atom stereocenters. The third-order valence-electron chi connectivity index (χ3n) is 4.78. The molecule has 0 aromatic heterocycles. The molecule has 0 spiro atoms. The monoisotopic (exact) mass is 212 g/mol. The summed E-state index contributed by atoms with van der Waals surface area (Å²) in [6.45, 7) is 5.05. The fourth-order valence-corrected chi connectivity index (χ4v) is 4.05. The predicted molar refractivity (Wildman–Crippen MR) is 60.4 cm³/mol. The molecule has 0 aromatic rings. The van der Waals surface area contributed by atoms with Crippen molar-refractivity contribution in [1.82, 2.24) is 0 Å². The lowest BCUT2D eigenvalue weighted by Crippen LogP contribution is -2.31. The summed E-state index contributed by atoms with van der Waals surface area (Å²) in [5.41, 5.74) is 0.164. The lowest BCUT2D eigenvalue weighted by atomic mass is 9.69. The predicted octanol–water partition coefficient (Wildman–Crippen LogP) is 2.05. The number of rotatable bonds is 3. The van der Waals surface area contributed by atoms with Gasteiger partial charge >= 0.3 is 0 Å². The molecule has 0 aromatic carbocycles. The summed E-state index contributed by atoms with van der Waals surface area (Å²) < 4.78 is 0. The van der Waals surface area contributed by atoms with E-state index >= 15 is 0 Å². The van der Waals surface area contributed by atoms with Gasteiger partial charge in [0.25, 0.3) is 0 Å². The van der Waals surface area contributed by atoms with Gasteiger partial charge in [0.1, 0.15) is 0 Å². The minimum Gasteiger partial charge on any atom is -0.396 e. The van der Waals surface area contributed by atoms with Crippen LogP contribution in [0.1, 0.15) is 39.5 Å². The normalized spacial score (nSPS) is 46.8. The van der Waals surface area contributed by atoms with Gasteiger partial charge < -0.3 is 10.2 Å². The van der Waals surface area contributed by atoms with Crippen LogP contribution in [0.2, 0.25) is 0 Å². The third kappa shape index (κ3) is 2.07. The Balaban J connectivity index is 2.06. The van der Waals surface area contributed by atoms with Crippen molar-refractivity contribution in [3.05, 3.63) is 0 Å². The Hall–Kier alpha value is -0.0800. The van der Waals surface area contributed by atoms with Gasteiger partial charge in [0.15, 0.2) is 0 Å². The largest absolute Gasteiger partial charge is 0.396 e. The summed E-state index contributed by atoms with van der Waals surface area (Å²) in [4.78, 5) is 0. The number of hydrogen-bond donors (Lipinski definition) is 2. The van der Waals surface area contributed by atoms with E-state index in [9.17, 15) is 10.2 Å². The van der Waals surface area contributed by atoms with Crippen LogP contribution in [0.4, 0.5) is 0 Å². The quantitative estimate of drug-likeness (QED) is 0.751. The molecular weight excluding hydrogens is 188 g/mol. The van der Waals surface area contributed by atoms with Crippen LogP contribution in [0.15, 0.2) is 0 Å². The highest BCUT2D eigenvalue weighted by molar-refractivity contribution is 4.96. The van der Waals surface area contributed by atoms with Crippen LogP contribution in [0.25, 0.3) is 0 Å². The maximum absolute atomic E-state index is 9.45. The molecule has 88 valence electrons. The van der Waals surface area contributed by atoms with Crippen LogP contribution >= 0.6 is 0 Å². The zero-order valence-corrected chi connectivity index (χ0v) is 9.95. The first kappa shape index (κ1) is 11.4. The van der Waals surface area contributed by atoms with E-state index in [1.807, 2.05) is 0 Å². The van der Waals surface area contributed by atoms with Gasteiger partial charge in [0.05, 0.1) is 0 Å². The molecule has 0 amide bonds. The van der Waals surface area contributed by atoms with Crippen LogP contribution < -0.4 is 0 Å². The third-order valence-corrected chi connectivity index (χ3v) is 4.78. The van der Waals surface area contributed by atoms with Gasteiger partial charge in [-0.05, 0) is 54.8 Å². The lowest BCUT2D eigenvalue weighted by Gasteiger charge is -2.37. The minimum absolute atomic E-state index is 0.164. The van der Waals surface area contributed by atoms with E-state index in [4.69, 9.17) is 0 Å². The summed E-state index contributed by atoms with van der Waals surface area (Å²) in [5.74, 6) is 2.71. The topological polar surface area (TPSA) is 40.5 Å². The summed E-state index contributed by atoms with van der Waals surface area (Å²) >= 11 is 0. The zero-order valence-electron chi connectivity index (χ0n) is 9.95. The van der Waals surface area contributed by atoms with E-state index in [1.165, 1.54) is 19.3 Å². The van der Waals surface area contributed by atoms with Crippen molar-refractivity contribution in [1.29, 1.82) is 0 Å². The smallest absolute Gasteiger partial charge is 0.0484 e. The highest BCUT2D eigenvalue weighted by Crippen LogP contribution is 2.54. The molecule has 2 rings (SSSR count). The molecule has 5 atom stereocenters.